The zero-order valence-corrected chi connectivity index (χ0v) is 12.8. The number of rotatable bonds is 3. The molecule has 0 fully saturated rings. The van der Waals surface area contributed by atoms with Crippen LogP contribution in [0.2, 0.25) is 0 Å². The lowest BCUT2D eigenvalue weighted by Crippen LogP contribution is -1.93. The van der Waals surface area contributed by atoms with E-state index in [0.29, 0.717) is 17.2 Å². The number of benzene rings is 2. The lowest BCUT2D eigenvalue weighted by atomic mass is 10.0. The van der Waals surface area contributed by atoms with Gasteiger partial charge in [0.2, 0.25) is 12.5 Å². The highest BCUT2D eigenvalue weighted by Gasteiger charge is 2.23. The second-order valence-corrected chi connectivity index (χ2v) is 5.25. The molecule has 0 aliphatic carbocycles. The van der Waals surface area contributed by atoms with Crippen LogP contribution in [0.3, 0.4) is 0 Å². The molecule has 4 rings (SSSR count). The van der Waals surface area contributed by atoms with Gasteiger partial charge in [-0.15, -0.1) is 0 Å². The standard InChI is InChI=1S/C17H15N3O3/c1-10-5-3-4-6-12(10)16-15(18-20-19-16)11-7-13(21-2)17-14(8-11)22-9-23-17/h3-8H,9H2,1-2H3,(H,18,19,20). The molecule has 2 heterocycles. The lowest BCUT2D eigenvalue weighted by molar-refractivity contribution is 0.171. The van der Waals surface area contributed by atoms with Gasteiger partial charge in [0, 0.05) is 11.1 Å². The fraction of sp³-hybridized carbons (Fsp3) is 0.176. The maximum atomic E-state index is 5.49. The molecule has 0 bridgehead atoms. The normalized spacial score (nSPS) is 12.4. The molecule has 0 radical (unpaired) electrons. The van der Waals surface area contributed by atoms with Crippen molar-refractivity contribution in [3.8, 4) is 39.8 Å². The zero-order chi connectivity index (χ0) is 15.8. The monoisotopic (exact) mass is 309 g/mol. The second-order valence-electron chi connectivity index (χ2n) is 5.25. The van der Waals surface area contributed by atoms with E-state index in [1.54, 1.807) is 7.11 Å². The van der Waals surface area contributed by atoms with Gasteiger partial charge in [0.1, 0.15) is 11.4 Å². The van der Waals surface area contributed by atoms with E-state index in [1.807, 2.05) is 43.3 Å². The largest absolute Gasteiger partial charge is 0.493 e. The van der Waals surface area contributed by atoms with E-state index in [0.717, 1.165) is 28.1 Å². The Kier molecular flexibility index (Phi) is 3.15. The Balaban J connectivity index is 1.88. The van der Waals surface area contributed by atoms with E-state index in [-0.39, 0.29) is 6.79 Å². The fourth-order valence-electron chi connectivity index (χ4n) is 2.72. The topological polar surface area (TPSA) is 69.3 Å². The molecule has 0 amide bonds. The van der Waals surface area contributed by atoms with E-state index in [1.165, 1.54) is 0 Å². The van der Waals surface area contributed by atoms with Crippen LogP contribution in [0, 0.1) is 6.92 Å². The number of aromatic amines is 1. The quantitative estimate of drug-likeness (QED) is 0.804. The molecular formula is C17H15N3O3. The molecule has 1 aliphatic heterocycles. The van der Waals surface area contributed by atoms with Gasteiger partial charge in [0.25, 0.3) is 0 Å². The molecule has 0 saturated carbocycles. The van der Waals surface area contributed by atoms with E-state index in [9.17, 15) is 0 Å². The fourth-order valence-corrected chi connectivity index (χ4v) is 2.72. The van der Waals surface area contributed by atoms with Crippen molar-refractivity contribution in [1.82, 2.24) is 15.4 Å². The van der Waals surface area contributed by atoms with Gasteiger partial charge in [-0.25, -0.2) is 0 Å². The summed E-state index contributed by atoms with van der Waals surface area (Å²) in [5.74, 6) is 1.89. The van der Waals surface area contributed by atoms with Gasteiger partial charge in [0.15, 0.2) is 11.5 Å². The van der Waals surface area contributed by atoms with E-state index in [2.05, 4.69) is 15.4 Å². The van der Waals surface area contributed by atoms with Crippen molar-refractivity contribution in [2.24, 2.45) is 0 Å². The minimum Gasteiger partial charge on any atom is -0.493 e. The van der Waals surface area contributed by atoms with Crippen molar-refractivity contribution in [3.63, 3.8) is 0 Å². The van der Waals surface area contributed by atoms with Crippen molar-refractivity contribution >= 4 is 0 Å². The summed E-state index contributed by atoms with van der Waals surface area (Å²) in [7, 11) is 1.60. The third-order valence-corrected chi connectivity index (χ3v) is 3.88. The maximum absolute atomic E-state index is 5.49. The van der Waals surface area contributed by atoms with Crippen LogP contribution in [0.25, 0.3) is 22.5 Å². The van der Waals surface area contributed by atoms with Crippen LogP contribution < -0.4 is 14.2 Å². The number of aryl methyl sites for hydroxylation is 1. The number of nitrogens with one attached hydrogen (secondary N) is 1. The molecule has 23 heavy (non-hydrogen) atoms. The highest BCUT2D eigenvalue weighted by molar-refractivity contribution is 5.81. The Labute approximate surface area is 133 Å². The number of hydrogen-bond donors (Lipinski definition) is 1. The summed E-state index contributed by atoms with van der Waals surface area (Å²) in [6, 6.07) is 11.8. The Bertz CT molecular complexity index is 873. The summed E-state index contributed by atoms with van der Waals surface area (Å²) in [6.07, 6.45) is 0. The highest BCUT2D eigenvalue weighted by atomic mass is 16.7. The summed E-state index contributed by atoms with van der Waals surface area (Å²) < 4.78 is 16.3. The van der Waals surface area contributed by atoms with Crippen molar-refractivity contribution in [3.05, 3.63) is 42.0 Å². The van der Waals surface area contributed by atoms with Crippen LogP contribution >= 0.6 is 0 Å². The molecule has 1 aliphatic rings. The molecule has 0 unspecified atom stereocenters. The van der Waals surface area contributed by atoms with Crippen LogP contribution in [0.1, 0.15) is 5.56 Å². The predicted octanol–water partition coefficient (Wildman–Crippen LogP) is 3.18. The molecule has 1 aromatic heterocycles. The number of H-pyrrole nitrogens is 1. The van der Waals surface area contributed by atoms with Crippen LogP contribution in [0.4, 0.5) is 0 Å². The van der Waals surface area contributed by atoms with Gasteiger partial charge in [-0.1, -0.05) is 24.3 Å². The Morgan fingerprint density at radius 2 is 1.91 bits per heavy atom. The predicted molar refractivity (Wildman–Crippen MR) is 84.7 cm³/mol. The first-order valence-electron chi connectivity index (χ1n) is 7.22. The number of fused-ring (bicyclic) bond motifs is 1. The molecule has 0 atom stereocenters. The summed E-state index contributed by atoms with van der Waals surface area (Å²) in [5.41, 5.74) is 4.57. The van der Waals surface area contributed by atoms with E-state index in [4.69, 9.17) is 14.2 Å². The molecule has 0 spiro atoms. The van der Waals surface area contributed by atoms with Crippen molar-refractivity contribution < 1.29 is 14.2 Å². The van der Waals surface area contributed by atoms with Crippen molar-refractivity contribution in [2.75, 3.05) is 13.9 Å². The summed E-state index contributed by atoms with van der Waals surface area (Å²) in [4.78, 5) is 0. The van der Waals surface area contributed by atoms with Gasteiger partial charge < -0.3 is 14.2 Å². The van der Waals surface area contributed by atoms with Gasteiger partial charge in [-0.2, -0.15) is 15.4 Å². The Morgan fingerprint density at radius 1 is 1.09 bits per heavy atom. The second kappa shape index (κ2) is 5.31. The highest BCUT2D eigenvalue weighted by Crippen LogP contribution is 2.45. The third kappa shape index (κ3) is 2.19. The minimum atomic E-state index is 0.193. The van der Waals surface area contributed by atoms with Crippen LogP contribution in [-0.4, -0.2) is 29.3 Å². The van der Waals surface area contributed by atoms with Crippen molar-refractivity contribution in [2.45, 2.75) is 6.92 Å². The number of ether oxygens (including phenoxy) is 3. The lowest BCUT2D eigenvalue weighted by Gasteiger charge is -2.08. The first-order valence-corrected chi connectivity index (χ1v) is 7.22. The number of nitrogens with zero attached hydrogens (tertiary/aromatic N) is 2. The van der Waals surface area contributed by atoms with E-state index < -0.39 is 0 Å². The average Bonchev–Trinajstić information content (AvgIpc) is 3.23. The molecule has 0 saturated heterocycles. The summed E-state index contributed by atoms with van der Waals surface area (Å²) >= 11 is 0. The zero-order valence-electron chi connectivity index (χ0n) is 12.8. The number of hydrogen-bond acceptors (Lipinski definition) is 5. The smallest absolute Gasteiger partial charge is 0.231 e. The maximum Gasteiger partial charge on any atom is 0.231 e. The average molecular weight is 309 g/mol. The Hall–Kier alpha value is -3.02. The minimum absolute atomic E-state index is 0.193. The first kappa shape index (κ1) is 13.6. The molecule has 6 nitrogen and oxygen atoms in total. The summed E-state index contributed by atoms with van der Waals surface area (Å²) in [6.45, 7) is 2.24. The molecule has 2 aromatic carbocycles. The van der Waals surface area contributed by atoms with Gasteiger partial charge in [0.05, 0.1) is 7.11 Å². The molecular weight excluding hydrogens is 294 g/mol. The van der Waals surface area contributed by atoms with Crippen LogP contribution in [0.5, 0.6) is 17.2 Å². The molecule has 1 N–H and O–H groups in total. The van der Waals surface area contributed by atoms with Crippen LogP contribution in [0.15, 0.2) is 36.4 Å². The van der Waals surface area contributed by atoms with Crippen LogP contribution in [-0.2, 0) is 0 Å². The Morgan fingerprint density at radius 3 is 2.74 bits per heavy atom. The van der Waals surface area contributed by atoms with Gasteiger partial charge in [-0.05, 0) is 24.6 Å². The first-order chi connectivity index (χ1) is 11.3. The SMILES string of the molecule is COc1cc(-c2n[nH]nc2-c2ccccc2C)cc2c1OCO2. The van der Waals surface area contributed by atoms with E-state index >= 15 is 0 Å². The molecule has 3 aromatic rings. The number of methoxy groups -OCH3 is 1. The third-order valence-electron chi connectivity index (χ3n) is 3.88. The van der Waals surface area contributed by atoms with Gasteiger partial charge >= 0.3 is 0 Å². The molecule has 6 heteroatoms. The summed E-state index contributed by atoms with van der Waals surface area (Å²) in [5, 5.41) is 11.4. The van der Waals surface area contributed by atoms with Gasteiger partial charge in [-0.3, -0.25) is 0 Å². The number of aromatic nitrogens is 3. The van der Waals surface area contributed by atoms with Crippen molar-refractivity contribution in [1.29, 1.82) is 0 Å². The molecule has 116 valence electrons.